The van der Waals surface area contributed by atoms with E-state index in [2.05, 4.69) is 12.3 Å². The third kappa shape index (κ3) is 2.65. The van der Waals surface area contributed by atoms with E-state index in [-0.39, 0.29) is 0 Å². The van der Waals surface area contributed by atoms with Crippen molar-refractivity contribution in [1.29, 1.82) is 5.26 Å². The van der Waals surface area contributed by atoms with Crippen LogP contribution < -0.4 is 0 Å². The van der Waals surface area contributed by atoms with Gasteiger partial charge in [-0.1, -0.05) is 0 Å². The average molecular weight is 191 g/mol. The third-order valence-corrected chi connectivity index (χ3v) is 5.02. The van der Waals surface area contributed by atoms with Gasteiger partial charge in [0.25, 0.3) is 0 Å². The number of thioether (sulfide) groups is 3. The molecule has 0 bridgehead atoms. The lowest BCUT2D eigenvalue weighted by molar-refractivity contribution is 1.23. The molecular weight excluding hydrogens is 182 g/mol. The van der Waals surface area contributed by atoms with Crippen LogP contribution in [0, 0.1) is 11.3 Å². The molecule has 1 aliphatic heterocycles. The van der Waals surface area contributed by atoms with Gasteiger partial charge in [-0.3, -0.25) is 0 Å². The van der Waals surface area contributed by atoms with E-state index in [4.69, 9.17) is 5.26 Å². The highest BCUT2D eigenvalue weighted by atomic mass is 32.2. The summed E-state index contributed by atoms with van der Waals surface area (Å²) in [5.41, 5.74) is 0. The fraction of sp³-hybridized carbons (Fsp3) is 0.833. The highest BCUT2D eigenvalue weighted by molar-refractivity contribution is 8.24. The van der Waals surface area contributed by atoms with Crippen LogP contribution in [-0.4, -0.2) is 27.6 Å². The smallest absolute Gasteiger partial charge is 0.0819 e. The SMILES string of the molecule is CSCC1SC1SCC#N. The maximum Gasteiger partial charge on any atom is 0.0819 e. The highest BCUT2D eigenvalue weighted by Gasteiger charge is 2.37. The molecule has 0 aromatic heterocycles. The molecule has 1 heterocycles. The normalized spacial score (nSPS) is 29.6. The maximum absolute atomic E-state index is 8.27. The molecule has 1 aliphatic rings. The second-order valence-electron chi connectivity index (χ2n) is 1.97. The standard InChI is InChI=1S/C6H9NS3/c1-8-4-5-6(10-5)9-3-2-7/h5-6H,3-4H2,1H3. The van der Waals surface area contributed by atoms with E-state index in [1.165, 1.54) is 5.75 Å². The molecule has 1 nitrogen and oxygen atoms in total. The molecule has 0 saturated carbocycles. The van der Waals surface area contributed by atoms with E-state index < -0.39 is 0 Å². The van der Waals surface area contributed by atoms with Crippen molar-refractivity contribution in [2.24, 2.45) is 0 Å². The molecule has 0 aromatic rings. The molecule has 10 heavy (non-hydrogen) atoms. The summed E-state index contributed by atoms with van der Waals surface area (Å²) < 4.78 is 0.729. The van der Waals surface area contributed by atoms with Crippen LogP contribution >= 0.6 is 35.3 Å². The number of hydrogen-bond acceptors (Lipinski definition) is 4. The van der Waals surface area contributed by atoms with Crippen molar-refractivity contribution in [3.8, 4) is 6.07 Å². The van der Waals surface area contributed by atoms with Gasteiger partial charge in [-0.05, 0) is 6.26 Å². The minimum atomic E-state index is 0.655. The van der Waals surface area contributed by atoms with Crippen LogP contribution in [0.2, 0.25) is 0 Å². The zero-order valence-electron chi connectivity index (χ0n) is 5.74. The van der Waals surface area contributed by atoms with Gasteiger partial charge in [0.1, 0.15) is 0 Å². The summed E-state index contributed by atoms with van der Waals surface area (Å²) in [6, 6.07) is 2.14. The van der Waals surface area contributed by atoms with E-state index in [9.17, 15) is 0 Å². The van der Waals surface area contributed by atoms with Gasteiger partial charge in [0, 0.05) is 11.0 Å². The second kappa shape index (κ2) is 4.42. The molecule has 1 fully saturated rings. The first kappa shape index (κ1) is 8.63. The summed E-state index contributed by atoms with van der Waals surface area (Å²) in [6.07, 6.45) is 2.13. The molecule has 0 amide bonds. The van der Waals surface area contributed by atoms with Crippen LogP contribution in [0.1, 0.15) is 0 Å². The topological polar surface area (TPSA) is 23.8 Å². The van der Waals surface area contributed by atoms with Crippen molar-refractivity contribution >= 4 is 35.3 Å². The van der Waals surface area contributed by atoms with Crippen molar-refractivity contribution in [2.45, 2.75) is 9.83 Å². The summed E-state index contributed by atoms with van der Waals surface area (Å²) in [5, 5.41) is 9.10. The van der Waals surface area contributed by atoms with Gasteiger partial charge < -0.3 is 0 Å². The largest absolute Gasteiger partial charge is 0.197 e. The third-order valence-electron chi connectivity index (χ3n) is 1.18. The zero-order valence-corrected chi connectivity index (χ0v) is 8.19. The molecule has 0 N–H and O–H groups in total. The van der Waals surface area contributed by atoms with Crippen LogP contribution in [0.25, 0.3) is 0 Å². The van der Waals surface area contributed by atoms with Gasteiger partial charge >= 0.3 is 0 Å². The lowest BCUT2D eigenvalue weighted by Crippen LogP contribution is -1.92. The quantitative estimate of drug-likeness (QED) is 0.635. The molecule has 56 valence electrons. The van der Waals surface area contributed by atoms with Crippen LogP contribution in [0.3, 0.4) is 0 Å². The summed E-state index contributed by atoms with van der Waals surface area (Å²) in [5.74, 6) is 1.90. The molecule has 1 rings (SSSR count). The van der Waals surface area contributed by atoms with Gasteiger partial charge in [0.05, 0.1) is 16.4 Å². The molecule has 0 aromatic carbocycles. The van der Waals surface area contributed by atoms with Crippen molar-refractivity contribution in [2.75, 3.05) is 17.8 Å². The summed E-state index contributed by atoms with van der Waals surface area (Å²) >= 11 is 5.66. The first-order chi connectivity index (χ1) is 4.88. The Morgan fingerprint density at radius 1 is 1.70 bits per heavy atom. The summed E-state index contributed by atoms with van der Waals surface area (Å²) in [7, 11) is 0. The van der Waals surface area contributed by atoms with E-state index >= 15 is 0 Å². The van der Waals surface area contributed by atoms with E-state index in [0.29, 0.717) is 5.75 Å². The molecule has 2 atom stereocenters. The Labute approximate surface area is 74.3 Å². The van der Waals surface area contributed by atoms with Crippen molar-refractivity contribution in [1.82, 2.24) is 0 Å². The Balaban J connectivity index is 1.98. The lowest BCUT2D eigenvalue weighted by Gasteiger charge is -1.89. The van der Waals surface area contributed by atoms with Gasteiger partial charge in [-0.25, -0.2) is 0 Å². The first-order valence-corrected chi connectivity index (χ1v) is 6.40. The Morgan fingerprint density at radius 3 is 3.10 bits per heavy atom. The fourth-order valence-corrected chi connectivity index (χ4v) is 4.24. The fourth-order valence-electron chi connectivity index (χ4n) is 0.675. The van der Waals surface area contributed by atoms with Crippen molar-refractivity contribution < 1.29 is 0 Å². The van der Waals surface area contributed by atoms with Crippen molar-refractivity contribution in [3.63, 3.8) is 0 Å². The van der Waals surface area contributed by atoms with Crippen LogP contribution in [-0.2, 0) is 0 Å². The Morgan fingerprint density at radius 2 is 2.50 bits per heavy atom. The molecule has 0 radical (unpaired) electrons. The Bertz CT molecular complexity index is 142. The molecule has 0 spiro atoms. The van der Waals surface area contributed by atoms with E-state index in [1.54, 1.807) is 11.8 Å². The molecule has 2 unspecified atom stereocenters. The summed E-state index contributed by atoms with van der Waals surface area (Å²) in [4.78, 5) is 0. The Kier molecular flexibility index (Phi) is 3.82. The molecular formula is C6H9NS3. The number of nitrogens with zero attached hydrogens (tertiary/aromatic N) is 1. The van der Waals surface area contributed by atoms with Gasteiger partial charge in [0.15, 0.2) is 0 Å². The Hall–Kier alpha value is 0.540. The maximum atomic E-state index is 8.27. The first-order valence-electron chi connectivity index (χ1n) is 3.01. The number of hydrogen-bond donors (Lipinski definition) is 0. The number of rotatable bonds is 4. The van der Waals surface area contributed by atoms with Gasteiger partial charge in [-0.15, -0.1) is 23.5 Å². The predicted octanol–water partition coefficient (Wildman–Crippen LogP) is 2.05. The lowest BCUT2D eigenvalue weighted by atomic mass is 10.6. The molecule has 4 heteroatoms. The van der Waals surface area contributed by atoms with Gasteiger partial charge in [-0.2, -0.15) is 17.0 Å². The highest BCUT2D eigenvalue weighted by Crippen LogP contribution is 2.49. The van der Waals surface area contributed by atoms with E-state index in [1.807, 2.05) is 23.5 Å². The second-order valence-corrected chi connectivity index (χ2v) is 5.69. The van der Waals surface area contributed by atoms with Crippen LogP contribution in [0.5, 0.6) is 0 Å². The average Bonchev–Trinajstić information content (AvgIpc) is 2.65. The minimum Gasteiger partial charge on any atom is -0.197 e. The molecule has 0 aliphatic carbocycles. The van der Waals surface area contributed by atoms with Crippen LogP contribution in [0.15, 0.2) is 0 Å². The van der Waals surface area contributed by atoms with E-state index in [0.717, 1.165) is 9.83 Å². The van der Waals surface area contributed by atoms with Crippen molar-refractivity contribution in [3.05, 3.63) is 0 Å². The number of nitriles is 1. The monoisotopic (exact) mass is 191 g/mol. The summed E-state index contributed by atoms with van der Waals surface area (Å²) in [6.45, 7) is 0. The molecule has 1 saturated heterocycles. The van der Waals surface area contributed by atoms with Crippen LogP contribution in [0.4, 0.5) is 0 Å². The van der Waals surface area contributed by atoms with Gasteiger partial charge in [0.2, 0.25) is 0 Å². The minimum absolute atomic E-state index is 0.655. The predicted molar refractivity (Wildman–Crippen MR) is 51.6 cm³/mol. The zero-order chi connectivity index (χ0) is 7.40.